The average molecular weight is 318 g/mol. The van der Waals surface area contributed by atoms with Crippen molar-refractivity contribution < 1.29 is 17.2 Å². The van der Waals surface area contributed by atoms with E-state index in [1.54, 1.807) is 0 Å². The fourth-order valence-corrected chi connectivity index (χ4v) is 3.48. The fraction of sp³-hybridized carbons (Fsp3) is 0.571. The number of nitrogens with zero attached hydrogens (tertiary/aromatic N) is 1. The second-order valence-electron chi connectivity index (χ2n) is 5.58. The van der Waals surface area contributed by atoms with Crippen molar-refractivity contribution in [1.29, 1.82) is 0 Å². The molecule has 1 heterocycles. The molecule has 4 nitrogen and oxygen atoms in total. The Balaban J connectivity index is 2.17. The maximum absolute atomic E-state index is 14.2. The lowest BCUT2D eigenvalue weighted by Crippen LogP contribution is -2.41. The van der Waals surface area contributed by atoms with Crippen LogP contribution in [-0.2, 0) is 16.4 Å². The summed E-state index contributed by atoms with van der Waals surface area (Å²) in [4.78, 5) is 1.46. The van der Waals surface area contributed by atoms with E-state index in [1.165, 1.54) is 17.0 Å². The first-order valence-electron chi connectivity index (χ1n) is 6.95. The third kappa shape index (κ3) is 4.14. The molecular weight excluding hydrogens is 298 g/mol. The minimum absolute atomic E-state index is 0.0669. The van der Waals surface area contributed by atoms with Gasteiger partial charge in [-0.25, -0.2) is 17.2 Å². The third-order valence-corrected chi connectivity index (χ3v) is 5.06. The summed E-state index contributed by atoms with van der Waals surface area (Å²) in [5.74, 6) is -1.42. The van der Waals surface area contributed by atoms with Gasteiger partial charge in [-0.1, -0.05) is 13.8 Å². The lowest BCUT2D eigenvalue weighted by Gasteiger charge is -2.29. The van der Waals surface area contributed by atoms with E-state index >= 15 is 0 Å². The highest BCUT2D eigenvalue weighted by molar-refractivity contribution is 7.91. The Labute approximate surface area is 124 Å². The summed E-state index contributed by atoms with van der Waals surface area (Å²) in [7, 11) is -3.07. The highest BCUT2D eigenvalue weighted by Crippen LogP contribution is 2.26. The van der Waals surface area contributed by atoms with E-state index in [0.29, 0.717) is 12.1 Å². The van der Waals surface area contributed by atoms with Crippen molar-refractivity contribution in [3.8, 4) is 0 Å². The molecule has 21 heavy (non-hydrogen) atoms. The van der Waals surface area contributed by atoms with Crippen LogP contribution in [0.1, 0.15) is 19.4 Å². The molecule has 0 spiro atoms. The molecule has 0 unspecified atom stereocenters. The van der Waals surface area contributed by atoms with Gasteiger partial charge in [0.1, 0.15) is 17.3 Å². The van der Waals surface area contributed by atoms with Crippen LogP contribution in [0.4, 0.5) is 14.5 Å². The van der Waals surface area contributed by atoms with E-state index in [2.05, 4.69) is 5.32 Å². The van der Waals surface area contributed by atoms with Crippen LogP contribution in [0.25, 0.3) is 0 Å². The molecule has 1 aliphatic rings. The summed E-state index contributed by atoms with van der Waals surface area (Å²) in [6.45, 7) is 4.55. The number of benzene rings is 1. The lowest BCUT2D eigenvalue weighted by molar-refractivity contribution is 0.550. The number of rotatable bonds is 4. The Hall–Kier alpha value is -1.21. The molecule has 0 atom stereocenters. The van der Waals surface area contributed by atoms with Gasteiger partial charge in [0.25, 0.3) is 0 Å². The average Bonchev–Trinajstić information content (AvgIpc) is 2.37. The van der Waals surface area contributed by atoms with Gasteiger partial charge in [0.2, 0.25) is 0 Å². The Bertz CT molecular complexity index is 580. The summed E-state index contributed by atoms with van der Waals surface area (Å²) in [5.41, 5.74) is 0.408. The molecule has 0 saturated carbocycles. The van der Waals surface area contributed by atoms with Crippen molar-refractivity contribution in [3.63, 3.8) is 0 Å². The fourth-order valence-electron chi connectivity index (χ4n) is 2.28. The smallest absolute Gasteiger partial charge is 0.153 e. The zero-order chi connectivity index (χ0) is 15.6. The molecule has 118 valence electrons. The van der Waals surface area contributed by atoms with Gasteiger partial charge in [-0.15, -0.1) is 0 Å². The molecule has 1 aromatic carbocycles. The zero-order valence-corrected chi connectivity index (χ0v) is 13.0. The van der Waals surface area contributed by atoms with Gasteiger partial charge in [0.15, 0.2) is 9.84 Å². The highest BCUT2D eigenvalue weighted by Gasteiger charge is 2.26. The molecule has 0 aromatic heterocycles. The number of anilines is 1. The van der Waals surface area contributed by atoms with Crippen molar-refractivity contribution in [3.05, 3.63) is 29.3 Å². The molecule has 2 rings (SSSR count). The predicted molar refractivity (Wildman–Crippen MR) is 79.2 cm³/mol. The summed E-state index contributed by atoms with van der Waals surface area (Å²) in [5, 5.41) is 3.10. The summed E-state index contributed by atoms with van der Waals surface area (Å²) in [6.07, 6.45) is 0. The van der Waals surface area contributed by atoms with Crippen LogP contribution in [-0.4, -0.2) is 39.1 Å². The van der Waals surface area contributed by atoms with Crippen molar-refractivity contribution in [2.45, 2.75) is 26.4 Å². The molecule has 1 fully saturated rings. The van der Waals surface area contributed by atoms with E-state index in [9.17, 15) is 17.2 Å². The molecule has 7 heteroatoms. The Morgan fingerprint density at radius 1 is 1.19 bits per heavy atom. The Morgan fingerprint density at radius 3 is 2.19 bits per heavy atom. The van der Waals surface area contributed by atoms with Crippen molar-refractivity contribution in [2.75, 3.05) is 29.5 Å². The van der Waals surface area contributed by atoms with Gasteiger partial charge in [-0.3, -0.25) is 0 Å². The Kier molecular flexibility index (Phi) is 4.83. The van der Waals surface area contributed by atoms with Crippen LogP contribution in [0, 0.1) is 11.6 Å². The molecular formula is C14H20F2N2O2S. The van der Waals surface area contributed by atoms with Gasteiger partial charge in [0.05, 0.1) is 11.5 Å². The molecule has 1 saturated heterocycles. The molecule has 0 bridgehead atoms. The van der Waals surface area contributed by atoms with Gasteiger partial charge in [0, 0.05) is 25.7 Å². The van der Waals surface area contributed by atoms with Crippen LogP contribution < -0.4 is 10.2 Å². The van der Waals surface area contributed by atoms with E-state index in [0.717, 1.165) is 0 Å². The Morgan fingerprint density at radius 2 is 1.71 bits per heavy atom. The van der Waals surface area contributed by atoms with Crippen molar-refractivity contribution >= 4 is 15.5 Å². The second-order valence-corrected chi connectivity index (χ2v) is 7.89. The summed E-state index contributed by atoms with van der Waals surface area (Å²) < 4.78 is 51.1. The van der Waals surface area contributed by atoms with Gasteiger partial charge in [-0.2, -0.15) is 0 Å². The minimum atomic E-state index is -3.07. The highest BCUT2D eigenvalue weighted by atomic mass is 32.2. The van der Waals surface area contributed by atoms with Crippen LogP contribution in [0.15, 0.2) is 12.1 Å². The van der Waals surface area contributed by atoms with E-state index in [-0.39, 0.29) is 36.3 Å². The SMILES string of the molecule is CC(C)NCc1cc(F)c(N2CCS(=O)(=O)CC2)c(F)c1. The number of nitrogens with one attached hydrogen (secondary N) is 1. The third-order valence-electron chi connectivity index (χ3n) is 3.45. The summed E-state index contributed by atoms with van der Waals surface area (Å²) >= 11 is 0. The molecule has 1 N–H and O–H groups in total. The van der Waals surface area contributed by atoms with Crippen molar-refractivity contribution in [1.82, 2.24) is 5.32 Å². The lowest BCUT2D eigenvalue weighted by atomic mass is 10.1. The molecule has 1 aromatic rings. The second kappa shape index (κ2) is 6.27. The monoisotopic (exact) mass is 318 g/mol. The number of hydrogen-bond acceptors (Lipinski definition) is 4. The van der Waals surface area contributed by atoms with Crippen LogP contribution in [0.5, 0.6) is 0 Å². The molecule has 1 aliphatic heterocycles. The molecule has 0 radical (unpaired) electrons. The van der Waals surface area contributed by atoms with E-state index in [4.69, 9.17) is 0 Å². The number of hydrogen-bond donors (Lipinski definition) is 1. The zero-order valence-electron chi connectivity index (χ0n) is 12.2. The van der Waals surface area contributed by atoms with Crippen LogP contribution in [0.3, 0.4) is 0 Å². The molecule has 0 aliphatic carbocycles. The van der Waals surface area contributed by atoms with Gasteiger partial charge >= 0.3 is 0 Å². The molecule has 0 amide bonds. The first-order valence-corrected chi connectivity index (χ1v) is 8.77. The topological polar surface area (TPSA) is 49.4 Å². The quantitative estimate of drug-likeness (QED) is 0.918. The van der Waals surface area contributed by atoms with Crippen LogP contribution in [0.2, 0.25) is 0 Å². The largest absolute Gasteiger partial charge is 0.365 e. The first kappa shape index (κ1) is 16.2. The standard InChI is InChI=1S/C14H20F2N2O2S/c1-10(2)17-9-11-7-12(15)14(13(16)8-11)18-3-5-21(19,20)6-4-18/h7-8,10,17H,3-6,9H2,1-2H3. The van der Waals surface area contributed by atoms with E-state index < -0.39 is 21.5 Å². The number of halogens is 2. The van der Waals surface area contributed by atoms with Gasteiger partial charge in [-0.05, 0) is 17.7 Å². The maximum Gasteiger partial charge on any atom is 0.153 e. The van der Waals surface area contributed by atoms with Crippen LogP contribution >= 0.6 is 0 Å². The van der Waals surface area contributed by atoms with Crippen molar-refractivity contribution in [2.24, 2.45) is 0 Å². The normalized spacial score (nSPS) is 18.2. The van der Waals surface area contributed by atoms with Gasteiger partial charge < -0.3 is 10.2 Å². The first-order chi connectivity index (χ1) is 9.78. The van der Waals surface area contributed by atoms with E-state index in [1.807, 2.05) is 13.8 Å². The summed E-state index contributed by atoms with van der Waals surface area (Å²) in [6, 6.07) is 2.83. The predicted octanol–water partition coefficient (Wildman–Crippen LogP) is 1.70. The number of sulfone groups is 1. The minimum Gasteiger partial charge on any atom is -0.365 e. The maximum atomic E-state index is 14.2.